The SMILES string of the molecule is CC(C)Cc1ccc2c(c1)CN(c1c(N)c(=O)c1=O)CC2(C)C. The molecule has 0 saturated carbocycles. The first-order valence-corrected chi connectivity index (χ1v) is 8.16. The smallest absolute Gasteiger partial charge is 0.253 e. The van der Waals surface area contributed by atoms with Crippen molar-refractivity contribution in [2.24, 2.45) is 5.92 Å². The maximum atomic E-state index is 11.9. The second-order valence-corrected chi connectivity index (χ2v) is 7.75. The molecule has 1 aliphatic rings. The van der Waals surface area contributed by atoms with E-state index in [9.17, 15) is 9.59 Å². The Balaban J connectivity index is 2.00. The number of benzene rings is 1. The molecule has 0 aliphatic carbocycles. The van der Waals surface area contributed by atoms with Crippen LogP contribution in [0.15, 0.2) is 27.8 Å². The zero-order valence-corrected chi connectivity index (χ0v) is 14.3. The molecule has 0 radical (unpaired) electrons. The van der Waals surface area contributed by atoms with Crippen LogP contribution in [0.3, 0.4) is 0 Å². The fraction of sp³-hybridized carbons (Fsp3) is 0.474. The van der Waals surface area contributed by atoms with Crippen molar-refractivity contribution in [3.05, 3.63) is 55.3 Å². The molecule has 0 atom stereocenters. The molecule has 2 aromatic rings. The standard InChI is InChI=1S/C19H24N2O2/c1-11(2)7-12-5-6-14-13(8-12)9-21(10-19(14,3)4)16-15(20)17(22)18(16)23/h5-6,8,11H,7,9-10,20H2,1-4H3. The molecular formula is C19H24N2O2. The van der Waals surface area contributed by atoms with Crippen LogP contribution in [-0.2, 0) is 18.4 Å². The fourth-order valence-corrected chi connectivity index (χ4v) is 3.73. The van der Waals surface area contributed by atoms with E-state index in [0.29, 0.717) is 24.7 Å². The van der Waals surface area contributed by atoms with E-state index < -0.39 is 10.9 Å². The summed E-state index contributed by atoms with van der Waals surface area (Å²) in [6.45, 7) is 10.1. The van der Waals surface area contributed by atoms with E-state index in [2.05, 4.69) is 45.9 Å². The summed E-state index contributed by atoms with van der Waals surface area (Å²) >= 11 is 0. The number of nitrogen functional groups attached to an aromatic ring is 1. The Morgan fingerprint density at radius 3 is 2.52 bits per heavy atom. The normalized spacial score (nSPS) is 16.8. The summed E-state index contributed by atoms with van der Waals surface area (Å²) in [7, 11) is 0. The third-order valence-electron chi connectivity index (χ3n) is 4.73. The molecule has 0 aromatic heterocycles. The molecule has 0 fully saturated rings. The summed E-state index contributed by atoms with van der Waals surface area (Å²) < 4.78 is 0. The average Bonchev–Trinajstić information content (AvgIpc) is 2.45. The Kier molecular flexibility index (Phi) is 3.58. The third-order valence-corrected chi connectivity index (χ3v) is 4.73. The highest BCUT2D eigenvalue weighted by molar-refractivity contribution is 5.73. The van der Waals surface area contributed by atoms with Crippen LogP contribution in [0.25, 0.3) is 0 Å². The van der Waals surface area contributed by atoms with Crippen LogP contribution in [0, 0.1) is 5.92 Å². The number of hydrogen-bond acceptors (Lipinski definition) is 4. The van der Waals surface area contributed by atoms with Gasteiger partial charge in [-0.05, 0) is 29.0 Å². The number of rotatable bonds is 3. The van der Waals surface area contributed by atoms with Crippen molar-refractivity contribution in [2.75, 3.05) is 17.2 Å². The summed E-state index contributed by atoms with van der Waals surface area (Å²) in [6, 6.07) is 6.67. The van der Waals surface area contributed by atoms with Crippen molar-refractivity contribution < 1.29 is 0 Å². The second-order valence-electron chi connectivity index (χ2n) is 7.75. The van der Waals surface area contributed by atoms with E-state index >= 15 is 0 Å². The lowest BCUT2D eigenvalue weighted by atomic mass is 9.77. The minimum Gasteiger partial charge on any atom is -0.394 e. The van der Waals surface area contributed by atoms with E-state index in [1.807, 2.05) is 4.90 Å². The van der Waals surface area contributed by atoms with Gasteiger partial charge < -0.3 is 10.6 Å². The van der Waals surface area contributed by atoms with Crippen LogP contribution in [-0.4, -0.2) is 6.54 Å². The van der Waals surface area contributed by atoms with Crippen LogP contribution in [0.1, 0.15) is 44.4 Å². The molecule has 0 bridgehead atoms. The molecule has 0 unspecified atom stereocenters. The van der Waals surface area contributed by atoms with Gasteiger partial charge in [0.2, 0.25) is 0 Å². The molecule has 2 aromatic carbocycles. The molecule has 122 valence electrons. The quantitative estimate of drug-likeness (QED) is 0.884. The Labute approximate surface area is 136 Å². The predicted octanol–water partition coefficient (Wildman–Crippen LogP) is 2.36. The Morgan fingerprint density at radius 1 is 1.22 bits per heavy atom. The second kappa shape index (κ2) is 5.22. The van der Waals surface area contributed by atoms with Crippen molar-refractivity contribution in [1.82, 2.24) is 0 Å². The summed E-state index contributed by atoms with van der Waals surface area (Å²) in [4.78, 5) is 25.3. The van der Waals surface area contributed by atoms with Crippen LogP contribution in [0.4, 0.5) is 11.4 Å². The summed E-state index contributed by atoms with van der Waals surface area (Å²) in [6.07, 6.45) is 1.04. The van der Waals surface area contributed by atoms with Crippen molar-refractivity contribution in [3.63, 3.8) is 0 Å². The van der Waals surface area contributed by atoms with Gasteiger partial charge in [0.1, 0.15) is 11.4 Å². The molecular weight excluding hydrogens is 288 g/mol. The van der Waals surface area contributed by atoms with Crippen LogP contribution >= 0.6 is 0 Å². The molecule has 4 heteroatoms. The van der Waals surface area contributed by atoms with Crippen molar-refractivity contribution in [2.45, 2.75) is 46.1 Å². The first-order valence-electron chi connectivity index (χ1n) is 8.16. The molecule has 0 amide bonds. The molecule has 23 heavy (non-hydrogen) atoms. The fourth-order valence-electron chi connectivity index (χ4n) is 3.73. The van der Waals surface area contributed by atoms with Crippen LogP contribution < -0.4 is 21.5 Å². The molecule has 4 nitrogen and oxygen atoms in total. The number of nitrogens with zero attached hydrogens (tertiary/aromatic N) is 1. The summed E-state index contributed by atoms with van der Waals surface area (Å²) in [5.41, 5.74) is 9.07. The van der Waals surface area contributed by atoms with Crippen molar-refractivity contribution in [3.8, 4) is 0 Å². The van der Waals surface area contributed by atoms with Gasteiger partial charge in [0.25, 0.3) is 10.9 Å². The highest BCUT2D eigenvalue weighted by Gasteiger charge is 2.35. The third kappa shape index (κ3) is 2.56. The van der Waals surface area contributed by atoms with E-state index in [1.165, 1.54) is 16.7 Å². The van der Waals surface area contributed by atoms with Crippen molar-refractivity contribution >= 4 is 11.4 Å². The first-order chi connectivity index (χ1) is 10.7. The average molecular weight is 312 g/mol. The van der Waals surface area contributed by atoms with Gasteiger partial charge in [-0.1, -0.05) is 45.9 Å². The minimum absolute atomic E-state index is 0.0872. The molecule has 2 N–H and O–H groups in total. The summed E-state index contributed by atoms with van der Waals surface area (Å²) in [5.74, 6) is 0.602. The zero-order valence-electron chi connectivity index (χ0n) is 14.3. The van der Waals surface area contributed by atoms with Gasteiger partial charge in [-0.15, -0.1) is 0 Å². The van der Waals surface area contributed by atoms with E-state index in [-0.39, 0.29) is 11.1 Å². The maximum absolute atomic E-state index is 11.9. The monoisotopic (exact) mass is 312 g/mol. The van der Waals surface area contributed by atoms with Gasteiger partial charge in [-0.2, -0.15) is 0 Å². The largest absolute Gasteiger partial charge is 0.394 e. The maximum Gasteiger partial charge on any atom is 0.253 e. The molecule has 0 saturated heterocycles. The van der Waals surface area contributed by atoms with E-state index in [0.717, 1.165) is 6.42 Å². The molecule has 0 spiro atoms. The Morgan fingerprint density at radius 2 is 1.91 bits per heavy atom. The molecule has 1 heterocycles. The first kappa shape index (κ1) is 15.8. The Hall–Kier alpha value is -2.10. The van der Waals surface area contributed by atoms with Gasteiger partial charge in [0.05, 0.1) is 0 Å². The highest BCUT2D eigenvalue weighted by Crippen LogP contribution is 2.36. The zero-order chi connectivity index (χ0) is 16.9. The number of fused-ring (bicyclic) bond motifs is 1. The van der Waals surface area contributed by atoms with E-state index in [4.69, 9.17) is 5.73 Å². The van der Waals surface area contributed by atoms with Crippen LogP contribution in [0.2, 0.25) is 0 Å². The number of nitrogens with two attached hydrogens (primary N) is 1. The van der Waals surface area contributed by atoms with Gasteiger partial charge >= 0.3 is 0 Å². The van der Waals surface area contributed by atoms with Gasteiger partial charge in [0, 0.05) is 18.5 Å². The lowest BCUT2D eigenvalue weighted by Gasteiger charge is -2.41. The van der Waals surface area contributed by atoms with Gasteiger partial charge in [-0.3, -0.25) is 9.59 Å². The van der Waals surface area contributed by atoms with Gasteiger partial charge in [0.15, 0.2) is 0 Å². The van der Waals surface area contributed by atoms with E-state index in [1.54, 1.807) is 0 Å². The minimum atomic E-state index is -0.544. The lowest BCUT2D eigenvalue weighted by molar-refractivity contribution is 0.475. The van der Waals surface area contributed by atoms with Gasteiger partial charge in [-0.25, -0.2) is 0 Å². The highest BCUT2D eigenvalue weighted by atomic mass is 16.2. The Bertz CT molecular complexity index is 826. The summed E-state index contributed by atoms with van der Waals surface area (Å²) in [5, 5.41) is 0. The number of anilines is 2. The molecule has 3 rings (SSSR count). The molecule has 1 aliphatic heterocycles. The van der Waals surface area contributed by atoms with Crippen molar-refractivity contribution in [1.29, 1.82) is 0 Å². The number of hydrogen-bond donors (Lipinski definition) is 1. The van der Waals surface area contributed by atoms with Crippen LogP contribution in [0.5, 0.6) is 0 Å². The lowest BCUT2D eigenvalue weighted by Crippen LogP contribution is -2.49. The topological polar surface area (TPSA) is 63.4 Å². The predicted molar refractivity (Wildman–Crippen MR) is 94.8 cm³/mol.